The van der Waals surface area contributed by atoms with Crippen LogP contribution in [0.15, 0.2) is 79.4 Å². The Morgan fingerprint density at radius 3 is 2.08 bits per heavy atom. The number of hydrogen-bond acceptors (Lipinski definition) is 4. The van der Waals surface area contributed by atoms with Crippen LogP contribution >= 0.6 is 31.9 Å². The fourth-order valence-corrected chi connectivity index (χ4v) is 5.28. The number of benzene rings is 3. The molecule has 3 aromatic rings. The fourth-order valence-electron chi connectivity index (χ4n) is 2.40. The Balaban J connectivity index is 2.27. The van der Waals surface area contributed by atoms with Gasteiger partial charge in [0.2, 0.25) is 9.84 Å². The summed E-state index contributed by atoms with van der Waals surface area (Å²) in [6.07, 6.45) is 0. The summed E-state index contributed by atoms with van der Waals surface area (Å²) in [5.74, 6) is -0.0522. The predicted octanol–water partition coefficient (Wildman–Crippen LogP) is 5.00. The van der Waals surface area contributed by atoms with Crippen molar-refractivity contribution in [2.45, 2.75) is 9.79 Å². The van der Waals surface area contributed by atoms with Gasteiger partial charge in [0.15, 0.2) is 0 Å². The van der Waals surface area contributed by atoms with Crippen LogP contribution in [0, 0.1) is 0 Å². The number of nitrogen functional groups attached to an aromatic ring is 1. The van der Waals surface area contributed by atoms with Crippen LogP contribution in [0.4, 0.5) is 5.69 Å². The minimum Gasteiger partial charge on any atom is -0.506 e. The van der Waals surface area contributed by atoms with Crippen molar-refractivity contribution in [2.24, 2.45) is 0 Å². The normalized spacial score (nSPS) is 11.4. The van der Waals surface area contributed by atoms with E-state index in [0.29, 0.717) is 16.8 Å². The molecule has 25 heavy (non-hydrogen) atoms. The van der Waals surface area contributed by atoms with Crippen molar-refractivity contribution in [2.75, 3.05) is 5.73 Å². The molecule has 3 rings (SSSR count). The summed E-state index contributed by atoms with van der Waals surface area (Å²) in [6.45, 7) is 0. The van der Waals surface area contributed by atoms with Gasteiger partial charge in [-0.3, -0.25) is 0 Å². The van der Waals surface area contributed by atoms with Gasteiger partial charge in [-0.15, -0.1) is 0 Å². The number of phenolic OH excluding ortho intramolecular Hbond substituents is 1. The highest BCUT2D eigenvalue weighted by molar-refractivity contribution is 9.13. The summed E-state index contributed by atoms with van der Waals surface area (Å²) in [5.41, 5.74) is 7.33. The molecule has 0 aliphatic carbocycles. The third kappa shape index (κ3) is 3.31. The van der Waals surface area contributed by atoms with Crippen molar-refractivity contribution >= 4 is 47.4 Å². The second kappa shape index (κ2) is 6.82. The first-order valence-corrected chi connectivity index (χ1v) is 10.3. The Bertz CT molecular complexity index is 1030. The van der Waals surface area contributed by atoms with Crippen LogP contribution in [0.3, 0.4) is 0 Å². The van der Waals surface area contributed by atoms with E-state index in [9.17, 15) is 13.5 Å². The monoisotopic (exact) mass is 481 g/mol. The van der Waals surface area contributed by atoms with Gasteiger partial charge in [-0.2, -0.15) is 0 Å². The zero-order valence-corrected chi connectivity index (χ0v) is 16.8. The second-order valence-electron chi connectivity index (χ2n) is 5.34. The zero-order chi connectivity index (χ0) is 18.2. The van der Waals surface area contributed by atoms with Crippen LogP contribution < -0.4 is 5.73 Å². The maximum Gasteiger partial charge on any atom is 0.207 e. The van der Waals surface area contributed by atoms with E-state index in [1.807, 2.05) is 0 Å². The molecule has 0 radical (unpaired) electrons. The van der Waals surface area contributed by atoms with Gasteiger partial charge in [-0.25, -0.2) is 8.42 Å². The first-order chi connectivity index (χ1) is 11.8. The minimum absolute atomic E-state index is 0.0522. The molecule has 0 aliphatic heterocycles. The van der Waals surface area contributed by atoms with Crippen LogP contribution in [0.1, 0.15) is 0 Å². The molecule has 3 N–H and O–H groups in total. The first-order valence-electron chi connectivity index (χ1n) is 7.19. The molecule has 0 spiro atoms. The second-order valence-corrected chi connectivity index (χ2v) is 8.84. The van der Waals surface area contributed by atoms with Crippen molar-refractivity contribution in [1.82, 2.24) is 0 Å². The molecule has 0 heterocycles. The molecule has 3 aromatic carbocycles. The van der Waals surface area contributed by atoms with Gasteiger partial charge >= 0.3 is 0 Å². The maximum absolute atomic E-state index is 13.0. The standard InChI is InChI=1S/C18H13Br2NO3S/c19-16-15(25(23,24)13-4-2-1-3-5-13)10-14(18(22)17(16)20)11-6-8-12(21)9-7-11/h1-10,22H,21H2. The van der Waals surface area contributed by atoms with E-state index in [1.54, 1.807) is 42.5 Å². The molecule has 7 heteroatoms. The Morgan fingerprint density at radius 2 is 1.48 bits per heavy atom. The highest BCUT2D eigenvalue weighted by Gasteiger charge is 2.25. The van der Waals surface area contributed by atoms with Crippen LogP contribution in [0.2, 0.25) is 0 Å². The van der Waals surface area contributed by atoms with Crippen molar-refractivity contribution in [3.05, 3.63) is 69.6 Å². The van der Waals surface area contributed by atoms with Gasteiger partial charge in [0.05, 0.1) is 18.7 Å². The topological polar surface area (TPSA) is 80.4 Å². The zero-order valence-electron chi connectivity index (χ0n) is 12.8. The lowest BCUT2D eigenvalue weighted by molar-refractivity contribution is 0.473. The Hall–Kier alpha value is -1.83. The summed E-state index contributed by atoms with van der Waals surface area (Å²) in [5, 5.41) is 10.5. The smallest absolute Gasteiger partial charge is 0.207 e. The quantitative estimate of drug-likeness (QED) is 0.515. The van der Waals surface area contributed by atoms with Gasteiger partial charge in [-0.05, 0) is 67.8 Å². The molecule has 0 saturated heterocycles. The minimum atomic E-state index is -3.76. The molecule has 0 amide bonds. The summed E-state index contributed by atoms with van der Waals surface area (Å²) in [6, 6.07) is 16.4. The molecule has 0 aliphatic rings. The maximum atomic E-state index is 13.0. The van der Waals surface area contributed by atoms with Crippen LogP contribution in [-0.4, -0.2) is 13.5 Å². The van der Waals surface area contributed by atoms with Crippen molar-refractivity contribution in [3.8, 4) is 16.9 Å². The van der Waals surface area contributed by atoms with Crippen LogP contribution in [0.25, 0.3) is 11.1 Å². The SMILES string of the molecule is Nc1ccc(-c2cc(S(=O)(=O)c3ccccc3)c(Br)c(Br)c2O)cc1. The molecule has 128 valence electrons. The van der Waals surface area contributed by atoms with Crippen molar-refractivity contribution < 1.29 is 13.5 Å². The number of phenols is 1. The molecule has 0 saturated carbocycles. The summed E-state index contributed by atoms with van der Waals surface area (Å²) >= 11 is 6.55. The first kappa shape index (κ1) is 18.0. The van der Waals surface area contributed by atoms with E-state index >= 15 is 0 Å². The molecule has 0 aromatic heterocycles. The predicted molar refractivity (Wildman–Crippen MR) is 105 cm³/mol. The number of rotatable bonds is 3. The average Bonchev–Trinajstić information content (AvgIpc) is 2.61. The van der Waals surface area contributed by atoms with E-state index in [0.717, 1.165) is 0 Å². The van der Waals surface area contributed by atoms with E-state index in [2.05, 4.69) is 31.9 Å². The summed E-state index contributed by atoms with van der Waals surface area (Å²) in [4.78, 5) is 0.242. The fraction of sp³-hybridized carbons (Fsp3) is 0. The Morgan fingerprint density at radius 1 is 0.880 bits per heavy atom. The van der Waals surface area contributed by atoms with Gasteiger partial charge in [0, 0.05) is 11.3 Å². The number of nitrogens with two attached hydrogens (primary N) is 1. The van der Waals surface area contributed by atoms with E-state index in [1.165, 1.54) is 18.2 Å². The summed E-state index contributed by atoms with van der Waals surface area (Å²) < 4.78 is 26.6. The lowest BCUT2D eigenvalue weighted by atomic mass is 10.0. The lowest BCUT2D eigenvalue weighted by Crippen LogP contribution is -2.04. The molecular formula is C18H13Br2NO3S. The summed E-state index contributed by atoms with van der Waals surface area (Å²) in [7, 11) is -3.76. The number of hydrogen-bond donors (Lipinski definition) is 2. The van der Waals surface area contributed by atoms with Crippen LogP contribution in [0.5, 0.6) is 5.75 Å². The molecule has 0 bridgehead atoms. The van der Waals surface area contributed by atoms with E-state index in [-0.39, 0.29) is 24.5 Å². The molecular weight excluding hydrogens is 470 g/mol. The number of halogens is 2. The van der Waals surface area contributed by atoms with E-state index in [4.69, 9.17) is 5.73 Å². The molecule has 0 fully saturated rings. The van der Waals surface area contributed by atoms with Gasteiger partial charge < -0.3 is 10.8 Å². The Labute approximate surface area is 162 Å². The van der Waals surface area contributed by atoms with Gasteiger partial charge in [0.25, 0.3) is 0 Å². The highest BCUT2D eigenvalue weighted by atomic mass is 79.9. The van der Waals surface area contributed by atoms with Gasteiger partial charge in [-0.1, -0.05) is 30.3 Å². The van der Waals surface area contributed by atoms with Gasteiger partial charge in [0.1, 0.15) is 5.75 Å². The number of sulfone groups is 1. The Kier molecular flexibility index (Phi) is 4.90. The van der Waals surface area contributed by atoms with Crippen molar-refractivity contribution in [3.63, 3.8) is 0 Å². The van der Waals surface area contributed by atoms with E-state index < -0.39 is 9.84 Å². The van der Waals surface area contributed by atoms with Crippen LogP contribution in [-0.2, 0) is 9.84 Å². The average molecular weight is 483 g/mol. The third-order valence-electron chi connectivity index (χ3n) is 3.71. The number of anilines is 1. The van der Waals surface area contributed by atoms with Crippen molar-refractivity contribution in [1.29, 1.82) is 0 Å². The third-order valence-corrected chi connectivity index (χ3v) is 7.90. The largest absolute Gasteiger partial charge is 0.506 e. The highest BCUT2D eigenvalue weighted by Crippen LogP contribution is 2.45. The molecule has 0 atom stereocenters. The molecule has 0 unspecified atom stereocenters. The molecule has 4 nitrogen and oxygen atoms in total. The number of aromatic hydroxyl groups is 1. The lowest BCUT2D eigenvalue weighted by Gasteiger charge is -2.14.